The number of aryl methyl sites for hydroxylation is 1. The van der Waals surface area contributed by atoms with Crippen molar-refractivity contribution in [1.29, 1.82) is 0 Å². The lowest BCUT2D eigenvalue weighted by Crippen LogP contribution is -2.18. The largest absolute Gasteiger partial charge is 0.497 e. The maximum Gasteiger partial charge on any atom is 0.119 e. The molecule has 2 saturated carbocycles. The Labute approximate surface area is 184 Å². The summed E-state index contributed by atoms with van der Waals surface area (Å²) in [5.74, 6) is 4.57. The van der Waals surface area contributed by atoms with Crippen molar-refractivity contribution in [3.63, 3.8) is 0 Å². The third-order valence-electron chi connectivity index (χ3n) is 7.91. The van der Waals surface area contributed by atoms with E-state index in [4.69, 9.17) is 4.74 Å². The molecular formula is C28H43FO. The van der Waals surface area contributed by atoms with E-state index in [1.54, 1.807) is 7.11 Å². The molecule has 1 aromatic rings. The van der Waals surface area contributed by atoms with E-state index < -0.39 is 0 Å². The van der Waals surface area contributed by atoms with Crippen LogP contribution in [0.25, 0.3) is 0 Å². The summed E-state index contributed by atoms with van der Waals surface area (Å²) in [6.07, 6.45) is 21.4. The zero-order valence-corrected chi connectivity index (χ0v) is 19.4. The van der Waals surface area contributed by atoms with Gasteiger partial charge in [-0.05, 0) is 98.8 Å². The van der Waals surface area contributed by atoms with Gasteiger partial charge in [0.1, 0.15) is 5.75 Å². The molecule has 0 amide bonds. The van der Waals surface area contributed by atoms with Gasteiger partial charge in [-0.15, -0.1) is 0 Å². The first-order valence-electron chi connectivity index (χ1n) is 12.5. The van der Waals surface area contributed by atoms with Gasteiger partial charge in [-0.2, -0.15) is 0 Å². The van der Waals surface area contributed by atoms with Crippen LogP contribution in [-0.4, -0.2) is 13.8 Å². The van der Waals surface area contributed by atoms with Gasteiger partial charge in [-0.1, -0.05) is 56.7 Å². The standard InChI is InChI=1S/C28H43FO/c1-22-8-19-27(30-2)21-28(22)26-17-15-25(16-18-26)14-13-24-11-9-23(10-12-24)7-5-3-4-6-20-29/h3-4,8,19,21,23-26H,5-7,9-18,20H2,1-2H3/b4-3+/t23-,24-,25?,26?. The Hall–Kier alpha value is -1.31. The monoisotopic (exact) mass is 414 g/mol. The highest BCUT2D eigenvalue weighted by atomic mass is 19.1. The summed E-state index contributed by atoms with van der Waals surface area (Å²) in [6.45, 7) is 2.03. The van der Waals surface area contributed by atoms with Crippen molar-refractivity contribution >= 4 is 0 Å². The van der Waals surface area contributed by atoms with Crippen LogP contribution in [0, 0.1) is 24.7 Å². The summed E-state index contributed by atoms with van der Waals surface area (Å²) in [5.41, 5.74) is 2.94. The molecular weight excluding hydrogens is 371 g/mol. The Morgan fingerprint density at radius 2 is 1.40 bits per heavy atom. The Balaban J connectivity index is 1.32. The fourth-order valence-electron chi connectivity index (χ4n) is 5.86. The second-order valence-corrected chi connectivity index (χ2v) is 9.93. The van der Waals surface area contributed by atoms with Gasteiger partial charge in [0.25, 0.3) is 0 Å². The van der Waals surface area contributed by atoms with Crippen LogP contribution in [0.5, 0.6) is 5.75 Å². The molecule has 2 heteroatoms. The summed E-state index contributed by atoms with van der Waals surface area (Å²) < 4.78 is 17.6. The summed E-state index contributed by atoms with van der Waals surface area (Å²) in [6, 6.07) is 6.58. The Morgan fingerprint density at radius 1 is 0.833 bits per heavy atom. The molecule has 2 aliphatic carbocycles. The van der Waals surface area contributed by atoms with Gasteiger partial charge in [0.15, 0.2) is 0 Å². The molecule has 0 spiro atoms. The summed E-state index contributed by atoms with van der Waals surface area (Å²) in [7, 11) is 1.77. The minimum Gasteiger partial charge on any atom is -0.497 e. The normalized spacial score (nSPS) is 27.4. The summed E-state index contributed by atoms with van der Waals surface area (Å²) in [4.78, 5) is 0. The predicted octanol–water partition coefficient (Wildman–Crippen LogP) is 8.56. The van der Waals surface area contributed by atoms with E-state index in [9.17, 15) is 4.39 Å². The van der Waals surface area contributed by atoms with Crippen LogP contribution in [0.4, 0.5) is 4.39 Å². The van der Waals surface area contributed by atoms with E-state index in [1.165, 1.54) is 81.8 Å². The van der Waals surface area contributed by atoms with E-state index in [0.29, 0.717) is 6.42 Å². The van der Waals surface area contributed by atoms with E-state index >= 15 is 0 Å². The summed E-state index contributed by atoms with van der Waals surface area (Å²) in [5, 5.41) is 0. The predicted molar refractivity (Wildman–Crippen MR) is 126 cm³/mol. The number of rotatable bonds is 10. The van der Waals surface area contributed by atoms with Crippen LogP contribution < -0.4 is 4.74 Å². The van der Waals surface area contributed by atoms with Crippen LogP contribution in [0.15, 0.2) is 30.4 Å². The van der Waals surface area contributed by atoms with Gasteiger partial charge in [0, 0.05) is 0 Å². The molecule has 168 valence electrons. The average Bonchev–Trinajstić information content (AvgIpc) is 2.79. The fraction of sp³-hybridized carbons (Fsp3) is 0.714. The van der Waals surface area contributed by atoms with Crippen LogP contribution >= 0.6 is 0 Å². The van der Waals surface area contributed by atoms with Gasteiger partial charge in [0.05, 0.1) is 13.8 Å². The number of allylic oxidation sites excluding steroid dienone is 2. The van der Waals surface area contributed by atoms with Gasteiger partial charge in [-0.3, -0.25) is 4.39 Å². The lowest BCUT2D eigenvalue weighted by atomic mass is 9.73. The Morgan fingerprint density at radius 3 is 2.00 bits per heavy atom. The molecule has 30 heavy (non-hydrogen) atoms. The SMILES string of the molecule is COc1ccc(C)c(C2CCC(CC[C@H]3CC[C@H](CC/C=C/CCF)CC3)CC2)c1. The van der Waals surface area contributed by atoms with E-state index in [1.807, 2.05) is 6.08 Å². The molecule has 2 aliphatic rings. The number of alkyl halides is 1. The molecule has 0 saturated heterocycles. The Kier molecular flexibility index (Phi) is 9.75. The lowest BCUT2D eigenvalue weighted by molar-refractivity contribution is 0.225. The summed E-state index contributed by atoms with van der Waals surface area (Å²) >= 11 is 0. The van der Waals surface area contributed by atoms with Crippen LogP contribution in [-0.2, 0) is 0 Å². The number of hydrogen-bond acceptors (Lipinski definition) is 1. The number of ether oxygens (including phenoxy) is 1. The van der Waals surface area contributed by atoms with Crippen molar-refractivity contribution in [3.8, 4) is 5.75 Å². The maximum absolute atomic E-state index is 12.1. The Bertz CT molecular complexity index is 636. The van der Waals surface area contributed by atoms with Gasteiger partial charge < -0.3 is 4.74 Å². The zero-order chi connectivity index (χ0) is 21.2. The molecule has 1 nitrogen and oxygen atoms in total. The maximum atomic E-state index is 12.1. The number of halogens is 1. The minimum absolute atomic E-state index is 0.218. The van der Waals surface area contributed by atoms with Gasteiger partial charge in [-0.25, -0.2) is 0 Å². The molecule has 0 atom stereocenters. The zero-order valence-electron chi connectivity index (χ0n) is 19.4. The molecule has 2 fully saturated rings. The smallest absolute Gasteiger partial charge is 0.119 e. The van der Waals surface area contributed by atoms with E-state index in [0.717, 1.165) is 35.8 Å². The molecule has 0 N–H and O–H groups in total. The third kappa shape index (κ3) is 7.13. The van der Waals surface area contributed by atoms with E-state index in [2.05, 4.69) is 31.2 Å². The minimum atomic E-state index is -0.218. The molecule has 0 bridgehead atoms. The molecule has 0 aliphatic heterocycles. The highest BCUT2D eigenvalue weighted by Crippen LogP contribution is 2.41. The number of benzene rings is 1. The van der Waals surface area contributed by atoms with E-state index in [-0.39, 0.29) is 6.67 Å². The molecule has 0 radical (unpaired) electrons. The number of methoxy groups -OCH3 is 1. The highest BCUT2D eigenvalue weighted by Gasteiger charge is 2.26. The van der Waals surface area contributed by atoms with Crippen molar-refractivity contribution in [2.75, 3.05) is 13.8 Å². The molecule has 0 unspecified atom stereocenters. The average molecular weight is 415 g/mol. The van der Waals surface area contributed by atoms with Crippen molar-refractivity contribution in [2.45, 2.75) is 96.3 Å². The van der Waals surface area contributed by atoms with Crippen LogP contribution in [0.3, 0.4) is 0 Å². The first kappa shape index (κ1) is 23.4. The molecule has 0 aromatic heterocycles. The second-order valence-electron chi connectivity index (χ2n) is 9.93. The molecule has 0 heterocycles. The van der Waals surface area contributed by atoms with Gasteiger partial charge >= 0.3 is 0 Å². The lowest BCUT2D eigenvalue weighted by Gasteiger charge is -2.32. The van der Waals surface area contributed by atoms with Crippen LogP contribution in [0.1, 0.15) is 101 Å². The molecule has 1 aromatic carbocycles. The third-order valence-corrected chi connectivity index (χ3v) is 7.91. The highest BCUT2D eigenvalue weighted by molar-refractivity contribution is 5.37. The molecule has 3 rings (SSSR count). The first-order valence-corrected chi connectivity index (χ1v) is 12.5. The van der Waals surface area contributed by atoms with Gasteiger partial charge in [0.2, 0.25) is 0 Å². The first-order chi connectivity index (χ1) is 14.7. The number of hydrogen-bond donors (Lipinski definition) is 0. The van der Waals surface area contributed by atoms with Crippen LogP contribution in [0.2, 0.25) is 0 Å². The fourth-order valence-corrected chi connectivity index (χ4v) is 5.86. The topological polar surface area (TPSA) is 9.23 Å². The second kappa shape index (κ2) is 12.5. The van der Waals surface area contributed by atoms with Crippen molar-refractivity contribution in [3.05, 3.63) is 41.5 Å². The van der Waals surface area contributed by atoms with Crippen molar-refractivity contribution in [1.82, 2.24) is 0 Å². The van der Waals surface area contributed by atoms with Crippen molar-refractivity contribution < 1.29 is 9.13 Å². The van der Waals surface area contributed by atoms with Crippen molar-refractivity contribution in [2.24, 2.45) is 17.8 Å². The quantitative estimate of drug-likeness (QED) is 0.348.